The monoisotopic (exact) mass is 240 g/mol. The molecule has 2 N–H and O–H groups in total. The van der Waals surface area contributed by atoms with Crippen molar-refractivity contribution in [3.63, 3.8) is 0 Å². The van der Waals surface area contributed by atoms with Gasteiger partial charge in [-0.05, 0) is 48.5 Å². The summed E-state index contributed by atoms with van der Waals surface area (Å²) >= 11 is 2.14. The van der Waals surface area contributed by atoms with Gasteiger partial charge < -0.3 is 10.6 Å². The topological polar surface area (TPSA) is 29.3 Å². The first-order valence-electron chi connectivity index (χ1n) is 6.88. The van der Waals surface area contributed by atoms with E-state index in [1.165, 1.54) is 56.8 Å². The molecule has 0 aromatic carbocycles. The van der Waals surface area contributed by atoms with Crippen LogP contribution in [0.3, 0.4) is 0 Å². The van der Waals surface area contributed by atoms with E-state index in [0.29, 0.717) is 6.04 Å². The van der Waals surface area contributed by atoms with Crippen LogP contribution in [-0.2, 0) is 0 Å². The zero-order chi connectivity index (χ0) is 11.0. The van der Waals surface area contributed by atoms with E-state index in [9.17, 15) is 0 Å². The molecular formula is C13H24N2S. The predicted molar refractivity (Wildman–Crippen MR) is 70.7 cm³/mol. The first-order valence-corrected chi connectivity index (χ1v) is 8.04. The summed E-state index contributed by atoms with van der Waals surface area (Å²) in [5, 5.41) is 0. The maximum Gasteiger partial charge on any atom is 0.00825 e. The molecule has 2 aliphatic heterocycles. The third kappa shape index (κ3) is 2.27. The zero-order valence-corrected chi connectivity index (χ0v) is 10.9. The molecule has 4 unspecified atom stereocenters. The molecule has 0 aromatic rings. The van der Waals surface area contributed by atoms with Crippen molar-refractivity contribution in [1.82, 2.24) is 4.90 Å². The van der Waals surface area contributed by atoms with Gasteiger partial charge in [-0.1, -0.05) is 6.42 Å². The molecule has 3 fully saturated rings. The van der Waals surface area contributed by atoms with Gasteiger partial charge in [0.1, 0.15) is 0 Å². The van der Waals surface area contributed by atoms with Crippen LogP contribution in [0.15, 0.2) is 0 Å². The van der Waals surface area contributed by atoms with Crippen LogP contribution in [0.4, 0.5) is 0 Å². The quantitative estimate of drug-likeness (QED) is 0.798. The molecule has 92 valence electrons. The highest BCUT2D eigenvalue weighted by atomic mass is 32.2. The minimum Gasteiger partial charge on any atom is -0.327 e. The third-order valence-corrected chi connectivity index (χ3v) is 6.00. The molecule has 0 radical (unpaired) electrons. The maximum atomic E-state index is 6.26. The lowest BCUT2D eigenvalue weighted by molar-refractivity contribution is 0.257. The molecule has 0 aromatic heterocycles. The Morgan fingerprint density at radius 3 is 2.88 bits per heavy atom. The Morgan fingerprint density at radius 2 is 2.12 bits per heavy atom. The second kappa shape index (κ2) is 4.87. The highest BCUT2D eigenvalue weighted by Crippen LogP contribution is 2.36. The van der Waals surface area contributed by atoms with Gasteiger partial charge in [-0.15, -0.1) is 0 Å². The SMILES string of the molecule is NC1CCCC2CN(CC3CCSC3)CC12. The van der Waals surface area contributed by atoms with Gasteiger partial charge in [0.25, 0.3) is 0 Å². The smallest absolute Gasteiger partial charge is 0.00825 e. The van der Waals surface area contributed by atoms with Crippen molar-refractivity contribution >= 4 is 11.8 Å². The van der Waals surface area contributed by atoms with Crippen LogP contribution in [0.25, 0.3) is 0 Å². The van der Waals surface area contributed by atoms with Gasteiger partial charge in [-0.2, -0.15) is 11.8 Å². The molecule has 3 rings (SSSR count). The van der Waals surface area contributed by atoms with E-state index < -0.39 is 0 Å². The number of hydrogen-bond donors (Lipinski definition) is 1. The molecule has 16 heavy (non-hydrogen) atoms. The standard InChI is InChI=1S/C13H24N2S/c14-13-3-1-2-11-7-15(8-12(11)13)6-10-4-5-16-9-10/h10-13H,1-9,14H2. The summed E-state index contributed by atoms with van der Waals surface area (Å²) in [6.45, 7) is 4.00. The van der Waals surface area contributed by atoms with Gasteiger partial charge in [0.15, 0.2) is 0 Å². The normalized spacial score (nSPS) is 44.8. The van der Waals surface area contributed by atoms with Crippen molar-refractivity contribution in [2.45, 2.75) is 31.7 Å². The minimum atomic E-state index is 0.502. The molecule has 2 saturated heterocycles. The Balaban J connectivity index is 1.54. The molecule has 0 amide bonds. The number of hydrogen-bond acceptors (Lipinski definition) is 3. The van der Waals surface area contributed by atoms with Crippen molar-refractivity contribution in [3.8, 4) is 0 Å². The van der Waals surface area contributed by atoms with E-state index in [2.05, 4.69) is 16.7 Å². The Labute approximate surface area is 103 Å². The van der Waals surface area contributed by atoms with Crippen molar-refractivity contribution in [1.29, 1.82) is 0 Å². The maximum absolute atomic E-state index is 6.26. The Bertz CT molecular complexity index is 240. The molecule has 2 nitrogen and oxygen atoms in total. The van der Waals surface area contributed by atoms with Crippen LogP contribution >= 0.6 is 11.8 Å². The number of thioether (sulfide) groups is 1. The number of nitrogens with two attached hydrogens (primary N) is 1. The fourth-order valence-electron chi connectivity index (χ4n) is 3.85. The Morgan fingerprint density at radius 1 is 1.19 bits per heavy atom. The average Bonchev–Trinajstić information content (AvgIpc) is 2.88. The Kier molecular flexibility index (Phi) is 3.46. The van der Waals surface area contributed by atoms with E-state index in [0.717, 1.165) is 17.8 Å². The number of nitrogens with zero attached hydrogens (tertiary/aromatic N) is 1. The molecule has 3 heteroatoms. The van der Waals surface area contributed by atoms with E-state index >= 15 is 0 Å². The van der Waals surface area contributed by atoms with Crippen LogP contribution in [0, 0.1) is 17.8 Å². The van der Waals surface area contributed by atoms with Gasteiger partial charge in [-0.25, -0.2) is 0 Å². The van der Waals surface area contributed by atoms with Crippen LogP contribution in [0.2, 0.25) is 0 Å². The summed E-state index contributed by atoms with van der Waals surface area (Å²) in [7, 11) is 0. The summed E-state index contributed by atoms with van der Waals surface area (Å²) in [5.74, 6) is 5.52. The van der Waals surface area contributed by atoms with Crippen LogP contribution in [-0.4, -0.2) is 42.1 Å². The summed E-state index contributed by atoms with van der Waals surface area (Å²) in [6, 6.07) is 0.502. The lowest BCUT2D eigenvalue weighted by Crippen LogP contribution is -2.38. The Hall–Kier alpha value is 0.270. The van der Waals surface area contributed by atoms with Crippen molar-refractivity contribution in [2.24, 2.45) is 23.5 Å². The van der Waals surface area contributed by atoms with E-state index in [-0.39, 0.29) is 0 Å². The van der Waals surface area contributed by atoms with Gasteiger partial charge in [0, 0.05) is 25.7 Å². The molecule has 0 bridgehead atoms. The number of rotatable bonds is 2. The van der Waals surface area contributed by atoms with Crippen LogP contribution in [0.1, 0.15) is 25.7 Å². The molecular weight excluding hydrogens is 216 g/mol. The minimum absolute atomic E-state index is 0.502. The largest absolute Gasteiger partial charge is 0.327 e. The lowest BCUT2D eigenvalue weighted by Gasteiger charge is -2.29. The second-order valence-electron chi connectivity index (χ2n) is 5.97. The second-order valence-corrected chi connectivity index (χ2v) is 7.12. The van der Waals surface area contributed by atoms with Crippen molar-refractivity contribution < 1.29 is 0 Å². The van der Waals surface area contributed by atoms with E-state index in [1.54, 1.807) is 0 Å². The van der Waals surface area contributed by atoms with Gasteiger partial charge in [0.2, 0.25) is 0 Å². The predicted octanol–water partition coefficient (Wildman–Crippen LogP) is 1.80. The van der Waals surface area contributed by atoms with Crippen molar-refractivity contribution in [2.75, 3.05) is 31.1 Å². The highest BCUT2D eigenvalue weighted by molar-refractivity contribution is 7.99. The molecule has 1 saturated carbocycles. The summed E-state index contributed by atoms with van der Waals surface area (Å²) in [6.07, 6.45) is 5.53. The van der Waals surface area contributed by atoms with Gasteiger partial charge >= 0.3 is 0 Å². The molecule has 3 aliphatic rings. The molecule has 0 spiro atoms. The van der Waals surface area contributed by atoms with E-state index in [4.69, 9.17) is 5.73 Å². The lowest BCUT2D eigenvalue weighted by atomic mass is 9.78. The molecule has 2 heterocycles. The van der Waals surface area contributed by atoms with Crippen molar-refractivity contribution in [3.05, 3.63) is 0 Å². The molecule has 4 atom stereocenters. The van der Waals surface area contributed by atoms with Gasteiger partial charge in [-0.3, -0.25) is 0 Å². The zero-order valence-electron chi connectivity index (χ0n) is 10.1. The summed E-state index contributed by atoms with van der Waals surface area (Å²) in [4.78, 5) is 2.72. The fourth-order valence-corrected chi connectivity index (χ4v) is 5.12. The summed E-state index contributed by atoms with van der Waals surface area (Å²) < 4.78 is 0. The highest BCUT2D eigenvalue weighted by Gasteiger charge is 2.39. The average molecular weight is 240 g/mol. The van der Waals surface area contributed by atoms with Gasteiger partial charge in [0.05, 0.1) is 0 Å². The number of fused-ring (bicyclic) bond motifs is 1. The molecule has 1 aliphatic carbocycles. The van der Waals surface area contributed by atoms with Crippen LogP contribution in [0.5, 0.6) is 0 Å². The van der Waals surface area contributed by atoms with Crippen LogP contribution < -0.4 is 5.73 Å². The summed E-state index contributed by atoms with van der Waals surface area (Å²) in [5.41, 5.74) is 6.26. The van der Waals surface area contributed by atoms with E-state index in [1.807, 2.05) is 0 Å². The fraction of sp³-hybridized carbons (Fsp3) is 1.00. The first kappa shape index (κ1) is 11.4. The first-order chi connectivity index (χ1) is 7.83. The third-order valence-electron chi connectivity index (χ3n) is 4.77. The number of likely N-dealkylation sites (tertiary alicyclic amines) is 1.